The van der Waals surface area contributed by atoms with E-state index in [0.29, 0.717) is 11.4 Å². The molecule has 28 heavy (non-hydrogen) atoms. The number of nitriles is 1. The fourth-order valence-corrected chi connectivity index (χ4v) is 3.30. The SMILES string of the molecule is Cc1ccc(S(=O)(=O)NC(=O)Nc2c(C#N)cnn2-c2ccc(N)cc2)cc1. The van der Waals surface area contributed by atoms with Gasteiger partial charge in [0.25, 0.3) is 10.0 Å². The number of sulfonamides is 1. The first kappa shape index (κ1) is 18.9. The molecule has 0 atom stereocenters. The molecule has 10 heteroatoms. The molecule has 0 saturated carbocycles. The Hall–Kier alpha value is -3.84. The van der Waals surface area contributed by atoms with Gasteiger partial charge in [-0.1, -0.05) is 17.7 Å². The summed E-state index contributed by atoms with van der Waals surface area (Å²) in [7, 11) is -4.07. The van der Waals surface area contributed by atoms with Crippen LogP contribution in [0.4, 0.5) is 16.3 Å². The summed E-state index contributed by atoms with van der Waals surface area (Å²) in [6, 6.07) is 13.5. The molecule has 0 aliphatic carbocycles. The number of nitrogen functional groups attached to an aromatic ring is 1. The topological polar surface area (TPSA) is 143 Å². The van der Waals surface area contributed by atoms with Gasteiger partial charge >= 0.3 is 6.03 Å². The van der Waals surface area contributed by atoms with Crippen molar-refractivity contribution in [2.45, 2.75) is 11.8 Å². The van der Waals surface area contributed by atoms with Crippen LogP contribution in [0.25, 0.3) is 5.69 Å². The predicted octanol–water partition coefficient (Wildman–Crippen LogP) is 2.15. The van der Waals surface area contributed by atoms with Gasteiger partial charge in [0.1, 0.15) is 11.6 Å². The maximum Gasteiger partial charge on any atom is 0.334 e. The van der Waals surface area contributed by atoms with Crippen LogP contribution in [-0.4, -0.2) is 24.2 Å². The third-order valence-electron chi connectivity index (χ3n) is 3.82. The minimum absolute atomic E-state index is 0.0314. The Morgan fingerprint density at radius 3 is 2.39 bits per heavy atom. The molecule has 4 N–H and O–H groups in total. The molecule has 0 radical (unpaired) electrons. The molecule has 0 spiro atoms. The largest absolute Gasteiger partial charge is 0.399 e. The van der Waals surface area contributed by atoms with Gasteiger partial charge in [0.15, 0.2) is 5.82 Å². The zero-order chi connectivity index (χ0) is 20.3. The van der Waals surface area contributed by atoms with E-state index >= 15 is 0 Å². The minimum Gasteiger partial charge on any atom is -0.399 e. The van der Waals surface area contributed by atoms with Crippen molar-refractivity contribution in [3.8, 4) is 11.8 Å². The number of hydrogen-bond acceptors (Lipinski definition) is 6. The smallest absolute Gasteiger partial charge is 0.334 e. The van der Waals surface area contributed by atoms with E-state index in [1.807, 2.05) is 17.7 Å². The molecule has 2 amide bonds. The lowest BCUT2D eigenvalue weighted by molar-refractivity contribution is 0.256. The van der Waals surface area contributed by atoms with Crippen LogP contribution in [0.2, 0.25) is 0 Å². The Morgan fingerprint density at radius 2 is 1.79 bits per heavy atom. The Morgan fingerprint density at radius 1 is 1.14 bits per heavy atom. The van der Waals surface area contributed by atoms with E-state index in [4.69, 9.17) is 5.73 Å². The zero-order valence-electron chi connectivity index (χ0n) is 14.7. The third kappa shape index (κ3) is 3.94. The van der Waals surface area contributed by atoms with Crippen LogP contribution >= 0.6 is 0 Å². The van der Waals surface area contributed by atoms with Gasteiger partial charge < -0.3 is 5.73 Å². The van der Waals surface area contributed by atoms with Crippen molar-refractivity contribution < 1.29 is 13.2 Å². The number of nitrogens with one attached hydrogen (secondary N) is 2. The maximum absolute atomic E-state index is 12.4. The van der Waals surface area contributed by atoms with Crippen molar-refractivity contribution in [1.29, 1.82) is 5.26 Å². The number of carbonyl (C=O) groups is 1. The van der Waals surface area contributed by atoms with Crippen molar-refractivity contribution in [2.75, 3.05) is 11.1 Å². The van der Waals surface area contributed by atoms with E-state index in [-0.39, 0.29) is 16.3 Å². The maximum atomic E-state index is 12.4. The van der Waals surface area contributed by atoms with Gasteiger partial charge in [0.2, 0.25) is 0 Å². The van der Waals surface area contributed by atoms with E-state index in [2.05, 4.69) is 10.4 Å². The van der Waals surface area contributed by atoms with Crippen molar-refractivity contribution >= 4 is 27.6 Å². The number of urea groups is 1. The number of nitrogens with zero attached hydrogens (tertiary/aromatic N) is 3. The molecule has 2 aromatic carbocycles. The molecule has 1 heterocycles. The number of rotatable bonds is 4. The summed E-state index contributed by atoms with van der Waals surface area (Å²) in [5.74, 6) is 0.0314. The van der Waals surface area contributed by atoms with Crippen molar-refractivity contribution in [3.05, 3.63) is 65.9 Å². The molecule has 0 aliphatic heterocycles. The second-order valence-electron chi connectivity index (χ2n) is 5.89. The first-order chi connectivity index (χ1) is 13.3. The van der Waals surface area contributed by atoms with Gasteiger partial charge in [-0.15, -0.1) is 0 Å². The number of nitrogens with two attached hydrogens (primary N) is 1. The van der Waals surface area contributed by atoms with Gasteiger partial charge in [-0.2, -0.15) is 10.4 Å². The van der Waals surface area contributed by atoms with Crippen LogP contribution in [0.1, 0.15) is 11.1 Å². The average molecular weight is 396 g/mol. The molecule has 1 aromatic heterocycles. The normalized spacial score (nSPS) is 10.9. The highest BCUT2D eigenvalue weighted by Crippen LogP contribution is 2.20. The van der Waals surface area contributed by atoms with E-state index < -0.39 is 16.1 Å². The zero-order valence-corrected chi connectivity index (χ0v) is 15.6. The Balaban J connectivity index is 1.86. The number of anilines is 2. The van der Waals surface area contributed by atoms with E-state index in [1.165, 1.54) is 23.0 Å². The number of benzene rings is 2. The number of amides is 2. The molecule has 0 saturated heterocycles. The quantitative estimate of drug-likeness (QED) is 0.577. The summed E-state index contributed by atoms with van der Waals surface area (Å²) in [5.41, 5.74) is 7.68. The lowest BCUT2D eigenvalue weighted by Gasteiger charge is -2.11. The van der Waals surface area contributed by atoms with Gasteiger partial charge in [-0.3, -0.25) is 5.32 Å². The number of hydrogen-bond donors (Lipinski definition) is 3. The lowest BCUT2D eigenvalue weighted by atomic mass is 10.2. The molecule has 142 valence electrons. The molecule has 0 aliphatic rings. The van der Waals surface area contributed by atoms with Crippen LogP contribution in [0.5, 0.6) is 0 Å². The molecule has 0 unspecified atom stereocenters. The molecule has 0 bridgehead atoms. The van der Waals surface area contributed by atoms with Gasteiger partial charge in [-0.05, 0) is 43.3 Å². The summed E-state index contributed by atoms with van der Waals surface area (Å²) in [4.78, 5) is 12.2. The van der Waals surface area contributed by atoms with Crippen LogP contribution in [0.3, 0.4) is 0 Å². The van der Waals surface area contributed by atoms with Crippen molar-refractivity contribution in [3.63, 3.8) is 0 Å². The number of aromatic nitrogens is 2. The third-order valence-corrected chi connectivity index (χ3v) is 5.16. The monoisotopic (exact) mass is 396 g/mol. The van der Waals surface area contributed by atoms with Crippen LogP contribution in [0, 0.1) is 18.3 Å². The Kier molecular flexibility index (Phi) is 5.02. The van der Waals surface area contributed by atoms with E-state index in [1.54, 1.807) is 36.4 Å². The van der Waals surface area contributed by atoms with Crippen LogP contribution < -0.4 is 15.8 Å². The fourth-order valence-electron chi connectivity index (χ4n) is 2.39. The van der Waals surface area contributed by atoms with E-state index in [9.17, 15) is 18.5 Å². The minimum atomic E-state index is -4.07. The summed E-state index contributed by atoms with van der Waals surface area (Å²) in [6.07, 6.45) is 1.26. The first-order valence-electron chi connectivity index (χ1n) is 8.04. The molecule has 3 rings (SSSR count). The highest BCUT2D eigenvalue weighted by molar-refractivity contribution is 7.90. The second kappa shape index (κ2) is 7.42. The van der Waals surface area contributed by atoms with Gasteiger partial charge in [0, 0.05) is 5.69 Å². The summed E-state index contributed by atoms with van der Waals surface area (Å²) in [6.45, 7) is 1.82. The second-order valence-corrected chi connectivity index (χ2v) is 7.58. The highest BCUT2D eigenvalue weighted by Gasteiger charge is 2.20. The fraction of sp³-hybridized carbons (Fsp3) is 0.0556. The van der Waals surface area contributed by atoms with Crippen LogP contribution in [-0.2, 0) is 10.0 Å². The molecule has 3 aromatic rings. The summed E-state index contributed by atoms with van der Waals surface area (Å²) < 4.78 is 27.9. The summed E-state index contributed by atoms with van der Waals surface area (Å²) >= 11 is 0. The Bertz CT molecular complexity index is 1160. The first-order valence-corrected chi connectivity index (χ1v) is 9.53. The number of aryl methyl sites for hydroxylation is 1. The predicted molar refractivity (Wildman–Crippen MR) is 103 cm³/mol. The molecule has 9 nitrogen and oxygen atoms in total. The molecular formula is C18H16N6O3S. The number of carbonyl (C=O) groups excluding carboxylic acids is 1. The Labute approximate surface area is 161 Å². The van der Waals surface area contributed by atoms with Crippen molar-refractivity contribution in [2.24, 2.45) is 0 Å². The summed E-state index contributed by atoms with van der Waals surface area (Å²) in [5, 5.41) is 15.7. The standard InChI is InChI=1S/C18H16N6O3S/c1-12-2-8-16(9-3-12)28(26,27)23-18(25)22-17-13(10-19)11-21-24(17)15-6-4-14(20)5-7-15/h2-9,11H,20H2,1H3,(H2,22,23,25). The highest BCUT2D eigenvalue weighted by atomic mass is 32.2. The average Bonchev–Trinajstić information content (AvgIpc) is 3.04. The molecule has 0 fully saturated rings. The molecular weight excluding hydrogens is 380 g/mol. The van der Waals surface area contributed by atoms with E-state index in [0.717, 1.165) is 5.56 Å². The van der Waals surface area contributed by atoms with Gasteiger partial charge in [0.05, 0.1) is 16.8 Å². The van der Waals surface area contributed by atoms with Crippen molar-refractivity contribution in [1.82, 2.24) is 14.5 Å². The van der Waals surface area contributed by atoms with Crippen LogP contribution in [0.15, 0.2) is 59.6 Å². The van der Waals surface area contributed by atoms with Gasteiger partial charge in [-0.25, -0.2) is 22.6 Å². The lowest BCUT2D eigenvalue weighted by Crippen LogP contribution is -2.35.